The predicted molar refractivity (Wildman–Crippen MR) is 103 cm³/mol. The lowest BCUT2D eigenvalue weighted by molar-refractivity contribution is 0.0152. The molecule has 0 bridgehead atoms. The van der Waals surface area contributed by atoms with Crippen molar-refractivity contribution in [3.63, 3.8) is 0 Å². The summed E-state index contributed by atoms with van der Waals surface area (Å²) in [6.07, 6.45) is 2.94. The van der Waals surface area contributed by atoms with E-state index in [1.54, 1.807) is 35.0 Å². The molecule has 142 valence electrons. The van der Waals surface area contributed by atoms with Crippen LogP contribution < -0.4 is 5.32 Å². The number of rotatable bonds is 8. The lowest BCUT2D eigenvalue weighted by Crippen LogP contribution is -2.42. The largest absolute Gasteiger partial charge is 0.382 e. The van der Waals surface area contributed by atoms with Crippen LogP contribution in [-0.4, -0.2) is 26.4 Å². The summed E-state index contributed by atoms with van der Waals surface area (Å²) in [7, 11) is 0. The van der Waals surface area contributed by atoms with Crippen molar-refractivity contribution in [2.75, 3.05) is 6.54 Å². The fraction of sp³-hybridized carbons (Fsp3) is 0.263. The van der Waals surface area contributed by atoms with Crippen LogP contribution in [0.25, 0.3) is 0 Å². The summed E-state index contributed by atoms with van der Waals surface area (Å²) in [6.45, 7) is 0.416. The smallest absolute Gasteiger partial charge is 0.137 e. The first-order valence-electron chi connectivity index (χ1n) is 8.35. The van der Waals surface area contributed by atoms with E-state index < -0.39 is 12.3 Å². The Morgan fingerprint density at radius 1 is 1.11 bits per heavy atom. The van der Waals surface area contributed by atoms with Crippen LogP contribution in [-0.2, 0) is 25.4 Å². The normalized spacial score (nSPS) is 13.5. The third-order valence-corrected chi connectivity index (χ3v) is 4.79. The Kier molecular flexibility index (Phi) is 6.44. The number of nitrogens with one attached hydrogen (secondary N) is 1. The second-order valence-corrected chi connectivity index (χ2v) is 7.15. The predicted octanol–water partition coefficient (Wildman–Crippen LogP) is 3.73. The van der Waals surface area contributed by atoms with Crippen LogP contribution in [0.15, 0.2) is 55.1 Å². The van der Waals surface area contributed by atoms with E-state index in [0.29, 0.717) is 27.7 Å². The molecule has 27 heavy (non-hydrogen) atoms. The van der Waals surface area contributed by atoms with Gasteiger partial charge in [-0.05, 0) is 23.3 Å². The number of hydrogen-bond donors (Lipinski definition) is 2. The second kappa shape index (κ2) is 8.80. The highest BCUT2D eigenvalue weighted by atomic mass is 35.5. The zero-order valence-corrected chi connectivity index (χ0v) is 16.0. The van der Waals surface area contributed by atoms with E-state index >= 15 is 0 Å². The maximum Gasteiger partial charge on any atom is 0.137 e. The molecule has 5 nitrogen and oxygen atoms in total. The van der Waals surface area contributed by atoms with Crippen LogP contribution in [0.2, 0.25) is 10.0 Å². The average molecular weight is 409 g/mol. The number of nitrogens with zero attached hydrogens (tertiary/aromatic N) is 3. The molecule has 0 aliphatic heterocycles. The van der Waals surface area contributed by atoms with Crippen LogP contribution in [0.4, 0.5) is 4.39 Å². The van der Waals surface area contributed by atoms with Crippen molar-refractivity contribution in [2.45, 2.75) is 25.4 Å². The summed E-state index contributed by atoms with van der Waals surface area (Å²) in [5.41, 5.74) is 0.838. The Bertz CT molecular complexity index is 874. The highest BCUT2D eigenvalue weighted by molar-refractivity contribution is 6.35. The van der Waals surface area contributed by atoms with E-state index in [4.69, 9.17) is 23.2 Å². The van der Waals surface area contributed by atoms with Crippen molar-refractivity contribution in [3.8, 4) is 0 Å². The van der Waals surface area contributed by atoms with E-state index in [9.17, 15) is 9.50 Å². The van der Waals surface area contributed by atoms with Crippen LogP contribution >= 0.6 is 23.2 Å². The first-order chi connectivity index (χ1) is 13.0. The van der Waals surface area contributed by atoms with Crippen LogP contribution in [0.3, 0.4) is 0 Å². The average Bonchev–Trinajstić information content (AvgIpc) is 3.15. The van der Waals surface area contributed by atoms with Crippen molar-refractivity contribution in [1.29, 1.82) is 0 Å². The molecule has 3 aromatic rings. The molecule has 0 amide bonds. The summed E-state index contributed by atoms with van der Waals surface area (Å²) in [5.74, 6) is 0. The van der Waals surface area contributed by atoms with E-state index in [1.165, 1.54) is 12.7 Å². The monoisotopic (exact) mass is 408 g/mol. The van der Waals surface area contributed by atoms with Gasteiger partial charge in [0, 0.05) is 28.7 Å². The molecule has 1 aromatic heterocycles. The fourth-order valence-corrected chi connectivity index (χ4v) is 3.43. The molecule has 0 spiro atoms. The maximum absolute atomic E-state index is 12.6. The number of aliphatic hydroxyl groups is 1. The van der Waals surface area contributed by atoms with Gasteiger partial charge in [0.1, 0.15) is 24.9 Å². The standard InChI is InChI=1S/C19H19Cl2FN4O/c20-16-5-6-17(18(21)7-16)19(27,11-26-13-24-12-25-26)10-23-9-15-3-1-14(8-22)2-4-15/h1-7,12-13,23,27H,8-11H2. The van der Waals surface area contributed by atoms with Gasteiger partial charge in [-0.3, -0.25) is 0 Å². The number of halogens is 3. The van der Waals surface area contributed by atoms with Gasteiger partial charge in [-0.25, -0.2) is 14.1 Å². The lowest BCUT2D eigenvalue weighted by Gasteiger charge is -2.30. The van der Waals surface area contributed by atoms with E-state index in [0.717, 1.165) is 5.56 Å². The van der Waals surface area contributed by atoms with Crippen LogP contribution in [0.5, 0.6) is 0 Å². The molecule has 0 aliphatic rings. The lowest BCUT2D eigenvalue weighted by atomic mass is 9.93. The first-order valence-corrected chi connectivity index (χ1v) is 9.10. The van der Waals surface area contributed by atoms with Gasteiger partial charge in [0.2, 0.25) is 0 Å². The number of aromatic nitrogens is 3. The highest BCUT2D eigenvalue weighted by Crippen LogP contribution is 2.31. The minimum atomic E-state index is -1.33. The Hall–Kier alpha value is -1.99. The summed E-state index contributed by atoms with van der Waals surface area (Å²) in [4.78, 5) is 3.92. The summed E-state index contributed by atoms with van der Waals surface area (Å²) >= 11 is 12.3. The SMILES string of the molecule is OC(CNCc1ccc(CF)cc1)(Cn1cncn1)c1ccc(Cl)cc1Cl. The molecular weight excluding hydrogens is 390 g/mol. The molecule has 0 fully saturated rings. The molecule has 3 rings (SSSR count). The molecule has 0 saturated heterocycles. The molecule has 1 atom stereocenters. The number of benzene rings is 2. The molecule has 0 aliphatic carbocycles. The van der Waals surface area contributed by atoms with Gasteiger partial charge in [0.15, 0.2) is 0 Å². The van der Waals surface area contributed by atoms with Gasteiger partial charge < -0.3 is 10.4 Å². The van der Waals surface area contributed by atoms with Crippen molar-refractivity contribution >= 4 is 23.2 Å². The van der Waals surface area contributed by atoms with Crippen LogP contribution in [0.1, 0.15) is 16.7 Å². The molecule has 1 unspecified atom stereocenters. The quantitative estimate of drug-likeness (QED) is 0.595. The minimum Gasteiger partial charge on any atom is -0.382 e. The van der Waals surface area contributed by atoms with Crippen molar-refractivity contribution in [1.82, 2.24) is 20.1 Å². The summed E-state index contributed by atoms with van der Waals surface area (Å²) < 4.78 is 14.2. The molecule has 1 heterocycles. The summed E-state index contributed by atoms with van der Waals surface area (Å²) in [6, 6.07) is 12.2. The van der Waals surface area contributed by atoms with Crippen molar-refractivity contribution < 1.29 is 9.50 Å². The van der Waals surface area contributed by atoms with E-state index in [2.05, 4.69) is 15.4 Å². The molecular formula is C19H19Cl2FN4O. The number of hydrogen-bond acceptors (Lipinski definition) is 4. The topological polar surface area (TPSA) is 63.0 Å². The Labute approximate surface area is 166 Å². The van der Waals surface area contributed by atoms with Gasteiger partial charge in [0.05, 0.1) is 6.54 Å². The van der Waals surface area contributed by atoms with Gasteiger partial charge in [-0.2, -0.15) is 5.10 Å². The first kappa shape index (κ1) is 19.8. The molecule has 2 aromatic carbocycles. The second-order valence-electron chi connectivity index (χ2n) is 6.30. The number of alkyl halides is 1. The molecule has 0 radical (unpaired) electrons. The molecule has 2 N–H and O–H groups in total. The van der Waals surface area contributed by atoms with Gasteiger partial charge in [-0.1, -0.05) is 53.5 Å². The van der Waals surface area contributed by atoms with Crippen LogP contribution in [0, 0.1) is 0 Å². The van der Waals surface area contributed by atoms with E-state index in [1.807, 2.05) is 12.1 Å². The molecule has 8 heteroatoms. The summed E-state index contributed by atoms with van der Waals surface area (Å²) in [5, 5.41) is 19.5. The zero-order chi connectivity index (χ0) is 19.3. The van der Waals surface area contributed by atoms with E-state index in [-0.39, 0.29) is 13.1 Å². The van der Waals surface area contributed by atoms with Gasteiger partial charge in [-0.15, -0.1) is 0 Å². The van der Waals surface area contributed by atoms with Crippen molar-refractivity contribution in [2.24, 2.45) is 0 Å². The fourth-order valence-electron chi connectivity index (χ4n) is 2.85. The minimum absolute atomic E-state index is 0.169. The molecule has 0 saturated carbocycles. The third kappa shape index (κ3) is 5.05. The Morgan fingerprint density at radius 2 is 1.85 bits per heavy atom. The van der Waals surface area contributed by atoms with Crippen molar-refractivity contribution in [3.05, 3.63) is 81.9 Å². The Balaban J connectivity index is 1.76. The maximum atomic E-state index is 12.6. The van der Waals surface area contributed by atoms with Gasteiger partial charge in [0.25, 0.3) is 0 Å². The third-order valence-electron chi connectivity index (χ3n) is 4.25. The Morgan fingerprint density at radius 3 is 2.48 bits per heavy atom. The zero-order valence-electron chi connectivity index (χ0n) is 14.4. The highest BCUT2D eigenvalue weighted by Gasteiger charge is 2.32. The van der Waals surface area contributed by atoms with Gasteiger partial charge >= 0.3 is 0 Å².